The zero-order chi connectivity index (χ0) is 19.4. The van der Waals surface area contributed by atoms with E-state index in [1.54, 1.807) is 24.3 Å². The van der Waals surface area contributed by atoms with Crippen LogP contribution in [0.3, 0.4) is 0 Å². The predicted molar refractivity (Wildman–Crippen MR) is 93.2 cm³/mol. The van der Waals surface area contributed by atoms with Gasteiger partial charge in [-0.05, 0) is 48.2 Å². The quantitative estimate of drug-likeness (QED) is 0.351. The Kier molecular flexibility index (Phi) is 5.75. The third kappa shape index (κ3) is 4.27. The molecule has 0 N–H and O–H groups in total. The van der Waals surface area contributed by atoms with Crippen molar-refractivity contribution in [2.24, 2.45) is 5.10 Å². The Bertz CT molecular complexity index is 940. The Hall–Kier alpha value is -2.88. The largest absolute Gasteiger partial charge is 0.497 e. The van der Waals surface area contributed by atoms with Crippen LogP contribution in [0.4, 0.5) is 17.6 Å². The number of methoxy groups -OCH3 is 1. The highest BCUT2D eigenvalue weighted by molar-refractivity contribution is 7.99. The molecule has 0 atom stereocenters. The van der Waals surface area contributed by atoms with Gasteiger partial charge >= 0.3 is 0 Å². The smallest absolute Gasteiger partial charge is 0.291 e. The molecule has 0 saturated heterocycles. The van der Waals surface area contributed by atoms with Gasteiger partial charge in [-0.25, -0.2) is 8.78 Å². The highest BCUT2D eigenvalue weighted by atomic mass is 32.2. The van der Waals surface area contributed by atoms with Crippen LogP contribution < -0.4 is 4.74 Å². The number of alkyl halides is 2. The van der Waals surface area contributed by atoms with E-state index in [9.17, 15) is 17.6 Å². The van der Waals surface area contributed by atoms with Crippen LogP contribution >= 0.6 is 11.8 Å². The van der Waals surface area contributed by atoms with Crippen molar-refractivity contribution >= 4 is 18.0 Å². The van der Waals surface area contributed by atoms with Crippen molar-refractivity contribution in [1.82, 2.24) is 14.9 Å². The minimum absolute atomic E-state index is 0.122. The molecule has 0 aliphatic heterocycles. The van der Waals surface area contributed by atoms with Crippen LogP contribution in [0.25, 0.3) is 11.4 Å². The van der Waals surface area contributed by atoms with E-state index in [1.807, 2.05) is 0 Å². The SMILES string of the molecule is COc1ccc(-c2nnc(SC(F)F)n2N=Cc2c(F)cccc2F)cc1. The summed E-state index contributed by atoms with van der Waals surface area (Å²) in [5, 5.41) is 11.3. The second-order valence-electron chi connectivity index (χ2n) is 5.10. The Morgan fingerprint density at radius 1 is 1.07 bits per heavy atom. The highest BCUT2D eigenvalue weighted by Crippen LogP contribution is 2.28. The van der Waals surface area contributed by atoms with Crippen LogP contribution in [0.1, 0.15) is 5.56 Å². The van der Waals surface area contributed by atoms with Gasteiger partial charge in [0.05, 0.1) is 18.9 Å². The van der Waals surface area contributed by atoms with Crippen LogP contribution in [-0.2, 0) is 0 Å². The molecule has 27 heavy (non-hydrogen) atoms. The topological polar surface area (TPSA) is 52.3 Å². The molecule has 0 aliphatic carbocycles. The van der Waals surface area contributed by atoms with Crippen LogP contribution in [0, 0.1) is 11.6 Å². The average molecular weight is 396 g/mol. The van der Waals surface area contributed by atoms with Gasteiger partial charge in [-0.15, -0.1) is 10.2 Å². The van der Waals surface area contributed by atoms with Crippen molar-refractivity contribution < 1.29 is 22.3 Å². The maximum absolute atomic E-state index is 13.8. The standard InChI is InChI=1S/C17H12F4N4OS/c1-26-11-7-5-10(6-8-11)15-23-24-17(27-16(20)21)25(15)22-9-12-13(18)3-2-4-14(12)19/h2-9,16H,1H3. The predicted octanol–water partition coefficient (Wildman–Crippen LogP) is 4.43. The molecule has 3 aromatic rings. The minimum Gasteiger partial charge on any atom is -0.497 e. The fourth-order valence-electron chi connectivity index (χ4n) is 2.19. The summed E-state index contributed by atoms with van der Waals surface area (Å²) in [6.45, 7) is 0. The molecule has 5 nitrogen and oxygen atoms in total. The van der Waals surface area contributed by atoms with Crippen molar-refractivity contribution in [2.45, 2.75) is 10.9 Å². The molecule has 0 amide bonds. The molecule has 2 aromatic carbocycles. The normalized spacial score (nSPS) is 11.5. The van der Waals surface area contributed by atoms with Gasteiger partial charge in [-0.3, -0.25) is 0 Å². The molecular weight excluding hydrogens is 384 g/mol. The van der Waals surface area contributed by atoms with Crippen LogP contribution in [0.2, 0.25) is 0 Å². The van der Waals surface area contributed by atoms with Gasteiger partial charge in [0.15, 0.2) is 5.82 Å². The summed E-state index contributed by atoms with van der Waals surface area (Å²) in [6, 6.07) is 9.90. The Labute approximate surface area is 155 Å². The summed E-state index contributed by atoms with van der Waals surface area (Å²) >= 11 is 0.122. The van der Waals surface area contributed by atoms with Crippen molar-refractivity contribution in [2.75, 3.05) is 7.11 Å². The fraction of sp³-hybridized carbons (Fsp3) is 0.118. The van der Waals surface area contributed by atoms with Crippen molar-refractivity contribution in [3.63, 3.8) is 0 Å². The lowest BCUT2D eigenvalue weighted by Crippen LogP contribution is -2.00. The number of rotatable bonds is 6. The molecule has 1 heterocycles. The zero-order valence-electron chi connectivity index (χ0n) is 13.8. The molecular formula is C17H12F4N4OS. The highest BCUT2D eigenvalue weighted by Gasteiger charge is 2.18. The summed E-state index contributed by atoms with van der Waals surface area (Å²) in [6.07, 6.45) is 0.899. The van der Waals surface area contributed by atoms with E-state index in [4.69, 9.17) is 4.74 Å². The lowest BCUT2D eigenvalue weighted by atomic mass is 10.2. The molecule has 0 bridgehead atoms. The Balaban J connectivity index is 2.05. The molecule has 0 aliphatic rings. The van der Waals surface area contributed by atoms with Gasteiger partial charge < -0.3 is 4.74 Å². The molecule has 3 rings (SSSR count). The summed E-state index contributed by atoms with van der Waals surface area (Å²) < 4.78 is 59.2. The summed E-state index contributed by atoms with van der Waals surface area (Å²) in [4.78, 5) is 0. The Morgan fingerprint density at radius 3 is 2.33 bits per heavy atom. The molecule has 1 aromatic heterocycles. The number of benzene rings is 2. The first-order valence-electron chi connectivity index (χ1n) is 7.52. The maximum Gasteiger partial charge on any atom is 0.291 e. The number of ether oxygens (including phenoxy) is 1. The number of hydrogen-bond donors (Lipinski definition) is 0. The van der Waals surface area contributed by atoms with E-state index in [0.717, 1.165) is 23.0 Å². The van der Waals surface area contributed by atoms with Crippen LogP contribution in [0.5, 0.6) is 5.75 Å². The number of nitrogens with zero attached hydrogens (tertiary/aromatic N) is 4. The van der Waals surface area contributed by atoms with E-state index < -0.39 is 23.0 Å². The summed E-state index contributed by atoms with van der Waals surface area (Å²) in [5.74, 6) is -3.71. The zero-order valence-corrected chi connectivity index (χ0v) is 14.6. The third-order valence-electron chi connectivity index (χ3n) is 3.46. The van der Waals surface area contributed by atoms with Gasteiger partial charge in [0.1, 0.15) is 17.4 Å². The first-order chi connectivity index (χ1) is 13.0. The maximum atomic E-state index is 13.8. The monoisotopic (exact) mass is 396 g/mol. The van der Waals surface area contributed by atoms with Gasteiger partial charge in [-0.1, -0.05) is 6.07 Å². The molecule has 140 valence electrons. The molecule has 0 saturated carbocycles. The summed E-state index contributed by atoms with van der Waals surface area (Å²) in [7, 11) is 1.50. The van der Waals surface area contributed by atoms with E-state index in [1.165, 1.54) is 13.2 Å². The minimum atomic E-state index is -2.77. The first-order valence-corrected chi connectivity index (χ1v) is 8.40. The average Bonchev–Trinajstić information content (AvgIpc) is 3.03. The van der Waals surface area contributed by atoms with Gasteiger partial charge in [0, 0.05) is 5.56 Å². The molecule has 0 radical (unpaired) electrons. The number of thioether (sulfide) groups is 1. The lowest BCUT2D eigenvalue weighted by molar-refractivity contribution is 0.251. The number of halogens is 4. The molecule has 0 fully saturated rings. The van der Waals surface area contributed by atoms with E-state index in [2.05, 4.69) is 15.3 Å². The third-order valence-corrected chi connectivity index (χ3v) is 4.10. The van der Waals surface area contributed by atoms with Gasteiger partial charge in [0.25, 0.3) is 5.76 Å². The van der Waals surface area contributed by atoms with Crippen LogP contribution in [-0.4, -0.2) is 34.0 Å². The second kappa shape index (κ2) is 8.21. The molecule has 0 unspecified atom stereocenters. The van der Waals surface area contributed by atoms with E-state index in [-0.39, 0.29) is 22.7 Å². The number of aromatic nitrogens is 3. The second-order valence-corrected chi connectivity index (χ2v) is 6.06. The van der Waals surface area contributed by atoms with Crippen molar-refractivity contribution in [3.05, 3.63) is 59.7 Å². The number of hydrogen-bond acceptors (Lipinski definition) is 5. The van der Waals surface area contributed by atoms with Gasteiger partial charge in [-0.2, -0.15) is 18.6 Å². The first kappa shape index (κ1) is 18.9. The van der Waals surface area contributed by atoms with E-state index >= 15 is 0 Å². The summed E-state index contributed by atoms with van der Waals surface area (Å²) in [5.41, 5.74) is 0.107. The lowest BCUT2D eigenvalue weighted by Gasteiger charge is -2.05. The fourth-order valence-corrected chi connectivity index (χ4v) is 2.67. The molecule has 10 heteroatoms. The Morgan fingerprint density at radius 2 is 1.74 bits per heavy atom. The van der Waals surface area contributed by atoms with Gasteiger partial charge in [0.2, 0.25) is 5.16 Å². The van der Waals surface area contributed by atoms with E-state index in [0.29, 0.717) is 11.3 Å². The van der Waals surface area contributed by atoms with Crippen molar-refractivity contribution in [3.8, 4) is 17.1 Å². The molecule has 0 spiro atoms. The van der Waals surface area contributed by atoms with Crippen molar-refractivity contribution in [1.29, 1.82) is 0 Å². The van der Waals surface area contributed by atoms with Crippen LogP contribution in [0.15, 0.2) is 52.7 Å².